The van der Waals surface area contributed by atoms with Crippen LogP contribution in [-0.2, 0) is 14.3 Å². The standard InChI is InChI=1S/C25H30N2O5/c1-4-5-14-32-20-10-9-18(15-17(20)2)23(28)21-22(19-8-6-11-26-16-19)27(12-7-13-31-3)25(30)24(21)29/h6,8-11,15-16,22,28H,4-5,7,12-14H2,1-3H3/b23-21+/t22-/m1/s1. The number of hydrogen-bond acceptors (Lipinski definition) is 6. The highest BCUT2D eigenvalue weighted by molar-refractivity contribution is 6.46. The lowest BCUT2D eigenvalue weighted by Crippen LogP contribution is -2.31. The van der Waals surface area contributed by atoms with E-state index in [4.69, 9.17) is 9.47 Å². The zero-order chi connectivity index (χ0) is 23.1. The number of rotatable bonds is 10. The second kappa shape index (κ2) is 10.9. The molecule has 0 aliphatic carbocycles. The van der Waals surface area contributed by atoms with E-state index in [-0.39, 0.29) is 11.3 Å². The van der Waals surface area contributed by atoms with Gasteiger partial charge in [0.2, 0.25) is 0 Å². The Morgan fingerprint density at radius 1 is 1.19 bits per heavy atom. The number of benzene rings is 1. The van der Waals surface area contributed by atoms with Gasteiger partial charge >= 0.3 is 0 Å². The number of nitrogens with zero attached hydrogens (tertiary/aromatic N) is 2. The summed E-state index contributed by atoms with van der Waals surface area (Å²) in [4.78, 5) is 31.5. The Labute approximate surface area is 188 Å². The number of methoxy groups -OCH3 is 1. The van der Waals surface area contributed by atoms with Gasteiger partial charge in [0, 0.05) is 38.2 Å². The monoisotopic (exact) mass is 438 g/mol. The Hall–Kier alpha value is -3.19. The van der Waals surface area contributed by atoms with Crippen LogP contribution < -0.4 is 4.74 Å². The van der Waals surface area contributed by atoms with E-state index in [0.29, 0.717) is 37.3 Å². The molecule has 170 valence electrons. The SMILES string of the molecule is CCCCOc1ccc(/C(O)=C2\C(=O)C(=O)N(CCCOC)[C@@H]2c2cccnc2)cc1C. The predicted molar refractivity (Wildman–Crippen MR) is 121 cm³/mol. The molecule has 0 spiro atoms. The van der Waals surface area contributed by atoms with Gasteiger partial charge in [-0.2, -0.15) is 0 Å². The topological polar surface area (TPSA) is 89.0 Å². The molecule has 7 heteroatoms. The van der Waals surface area contributed by atoms with Crippen molar-refractivity contribution >= 4 is 17.4 Å². The van der Waals surface area contributed by atoms with E-state index in [1.807, 2.05) is 6.92 Å². The van der Waals surface area contributed by atoms with Gasteiger partial charge in [-0.3, -0.25) is 14.6 Å². The molecule has 1 atom stereocenters. The molecule has 1 aromatic heterocycles. The molecule has 1 fully saturated rings. The van der Waals surface area contributed by atoms with Crippen molar-refractivity contribution in [2.45, 2.75) is 39.2 Å². The first-order valence-electron chi connectivity index (χ1n) is 10.9. The summed E-state index contributed by atoms with van der Waals surface area (Å²) in [6.07, 6.45) is 5.81. The number of aromatic nitrogens is 1. The van der Waals surface area contributed by atoms with Crippen molar-refractivity contribution in [3.63, 3.8) is 0 Å². The summed E-state index contributed by atoms with van der Waals surface area (Å²) in [6.45, 7) is 5.40. The van der Waals surface area contributed by atoms with Crippen molar-refractivity contribution in [2.24, 2.45) is 0 Å². The average molecular weight is 439 g/mol. The van der Waals surface area contributed by atoms with Gasteiger partial charge < -0.3 is 19.5 Å². The first-order chi connectivity index (χ1) is 15.5. The third kappa shape index (κ3) is 4.99. The van der Waals surface area contributed by atoms with Crippen LogP contribution >= 0.6 is 0 Å². The predicted octanol–water partition coefficient (Wildman–Crippen LogP) is 4.03. The second-order valence-corrected chi connectivity index (χ2v) is 7.81. The third-order valence-electron chi connectivity index (χ3n) is 5.49. The zero-order valence-corrected chi connectivity index (χ0v) is 18.8. The highest BCUT2D eigenvalue weighted by atomic mass is 16.5. The first kappa shape index (κ1) is 23.5. The number of amides is 1. The number of hydrogen-bond donors (Lipinski definition) is 1. The van der Waals surface area contributed by atoms with Gasteiger partial charge in [-0.25, -0.2) is 0 Å². The van der Waals surface area contributed by atoms with Crippen LogP contribution in [0.3, 0.4) is 0 Å². The van der Waals surface area contributed by atoms with Gasteiger partial charge in [0.15, 0.2) is 0 Å². The fourth-order valence-corrected chi connectivity index (χ4v) is 3.81. The Morgan fingerprint density at radius 2 is 2.00 bits per heavy atom. The fourth-order valence-electron chi connectivity index (χ4n) is 3.81. The van der Waals surface area contributed by atoms with Gasteiger partial charge in [-0.1, -0.05) is 19.4 Å². The maximum Gasteiger partial charge on any atom is 0.295 e. The van der Waals surface area contributed by atoms with Crippen LogP contribution in [-0.4, -0.2) is 53.5 Å². The smallest absolute Gasteiger partial charge is 0.295 e. The maximum absolute atomic E-state index is 13.0. The molecule has 1 N–H and O–H groups in total. The van der Waals surface area contributed by atoms with Gasteiger partial charge in [0.05, 0.1) is 18.2 Å². The Kier molecular flexibility index (Phi) is 8.00. The molecule has 2 heterocycles. The molecule has 32 heavy (non-hydrogen) atoms. The molecule has 2 aromatic rings. The van der Waals surface area contributed by atoms with Crippen LogP contribution in [0.4, 0.5) is 0 Å². The molecule has 1 aromatic carbocycles. The van der Waals surface area contributed by atoms with E-state index < -0.39 is 17.7 Å². The van der Waals surface area contributed by atoms with Crippen LogP contribution in [0.25, 0.3) is 5.76 Å². The molecular formula is C25H30N2O5. The normalized spacial score (nSPS) is 17.7. The number of ketones is 1. The molecular weight excluding hydrogens is 408 g/mol. The highest BCUT2D eigenvalue weighted by Crippen LogP contribution is 2.39. The lowest BCUT2D eigenvalue weighted by Gasteiger charge is -2.25. The molecule has 0 saturated carbocycles. The van der Waals surface area contributed by atoms with Crippen molar-refractivity contribution < 1.29 is 24.2 Å². The van der Waals surface area contributed by atoms with Gasteiger partial charge in [0.25, 0.3) is 11.7 Å². The van der Waals surface area contributed by atoms with Crippen molar-refractivity contribution in [3.05, 3.63) is 65.0 Å². The van der Waals surface area contributed by atoms with E-state index in [2.05, 4.69) is 11.9 Å². The lowest BCUT2D eigenvalue weighted by atomic mass is 9.95. The molecule has 0 radical (unpaired) electrons. The number of pyridine rings is 1. The number of aryl methyl sites for hydroxylation is 1. The van der Waals surface area contributed by atoms with Crippen molar-refractivity contribution in [2.75, 3.05) is 26.9 Å². The summed E-state index contributed by atoms with van der Waals surface area (Å²) in [5.41, 5.74) is 2.05. The van der Waals surface area contributed by atoms with Crippen molar-refractivity contribution in [3.8, 4) is 5.75 Å². The number of unbranched alkanes of at least 4 members (excludes halogenated alkanes) is 1. The van der Waals surface area contributed by atoms with Gasteiger partial charge in [-0.15, -0.1) is 0 Å². The molecule has 1 saturated heterocycles. The summed E-state index contributed by atoms with van der Waals surface area (Å²) in [6, 6.07) is 8.11. The van der Waals surface area contributed by atoms with Crippen LogP contribution in [0.2, 0.25) is 0 Å². The molecule has 1 aliphatic rings. The number of ether oxygens (including phenoxy) is 2. The summed E-state index contributed by atoms with van der Waals surface area (Å²) in [5.74, 6) is -0.795. The molecule has 3 rings (SSSR count). The molecule has 0 unspecified atom stereocenters. The molecule has 1 aliphatic heterocycles. The quantitative estimate of drug-likeness (QED) is 0.261. The van der Waals surface area contributed by atoms with E-state index >= 15 is 0 Å². The van der Waals surface area contributed by atoms with Crippen LogP contribution in [0.15, 0.2) is 48.3 Å². The summed E-state index contributed by atoms with van der Waals surface area (Å²) in [5, 5.41) is 11.2. The van der Waals surface area contributed by atoms with Gasteiger partial charge in [0.1, 0.15) is 11.5 Å². The first-order valence-corrected chi connectivity index (χ1v) is 10.9. The summed E-state index contributed by atoms with van der Waals surface area (Å²) in [7, 11) is 1.59. The highest BCUT2D eigenvalue weighted by Gasteiger charge is 2.45. The maximum atomic E-state index is 13.0. The fraction of sp³-hybridized carbons (Fsp3) is 0.400. The number of aliphatic hydroxyl groups excluding tert-OH is 1. The van der Waals surface area contributed by atoms with Gasteiger partial charge in [-0.05, 0) is 55.2 Å². The lowest BCUT2D eigenvalue weighted by molar-refractivity contribution is -0.140. The van der Waals surface area contributed by atoms with Crippen LogP contribution in [0.1, 0.15) is 48.9 Å². The number of Topliss-reactive ketones (excluding diaryl/α,β-unsaturated/α-hetero) is 1. The largest absolute Gasteiger partial charge is 0.507 e. The molecule has 0 bridgehead atoms. The number of carbonyl (C=O) groups excluding carboxylic acids is 2. The third-order valence-corrected chi connectivity index (χ3v) is 5.49. The minimum Gasteiger partial charge on any atom is -0.507 e. The Bertz CT molecular complexity index is 987. The zero-order valence-electron chi connectivity index (χ0n) is 18.8. The van der Waals surface area contributed by atoms with E-state index in [1.54, 1.807) is 49.8 Å². The van der Waals surface area contributed by atoms with E-state index in [0.717, 1.165) is 24.2 Å². The number of likely N-dealkylation sites (tertiary alicyclic amines) is 1. The Balaban J connectivity index is 2.01. The summed E-state index contributed by atoms with van der Waals surface area (Å²) < 4.78 is 10.9. The minimum absolute atomic E-state index is 0.0690. The average Bonchev–Trinajstić information content (AvgIpc) is 3.05. The Morgan fingerprint density at radius 3 is 2.66 bits per heavy atom. The molecule has 7 nitrogen and oxygen atoms in total. The van der Waals surface area contributed by atoms with Crippen molar-refractivity contribution in [1.29, 1.82) is 0 Å². The van der Waals surface area contributed by atoms with E-state index in [9.17, 15) is 14.7 Å². The second-order valence-electron chi connectivity index (χ2n) is 7.81. The van der Waals surface area contributed by atoms with E-state index in [1.165, 1.54) is 4.90 Å². The minimum atomic E-state index is -0.707. The van der Waals surface area contributed by atoms with Crippen LogP contribution in [0, 0.1) is 6.92 Å². The van der Waals surface area contributed by atoms with Crippen LogP contribution in [0.5, 0.6) is 5.75 Å². The summed E-state index contributed by atoms with van der Waals surface area (Å²) >= 11 is 0. The van der Waals surface area contributed by atoms with Crippen molar-refractivity contribution in [1.82, 2.24) is 9.88 Å². The number of aliphatic hydroxyl groups is 1. The number of carbonyl (C=O) groups is 2. The molecule has 1 amide bonds.